The highest BCUT2D eigenvalue weighted by Crippen LogP contribution is 2.36. The highest BCUT2D eigenvalue weighted by atomic mass is 32.2. The van der Waals surface area contributed by atoms with Gasteiger partial charge < -0.3 is 9.30 Å². The predicted octanol–water partition coefficient (Wildman–Crippen LogP) is 3.55. The number of esters is 1. The standard InChI is InChI=1S/C16H15N3O2S2/c1-19-14(12-9-6-10-22-12)17-18-16(19)23-13(15(20)21-2)11-7-4-3-5-8-11/h3-10,13H,1-2H3/t13-/m1/s1. The zero-order valence-electron chi connectivity index (χ0n) is 12.7. The maximum absolute atomic E-state index is 12.2. The minimum Gasteiger partial charge on any atom is -0.468 e. The van der Waals surface area contributed by atoms with Gasteiger partial charge in [-0.15, -0.1) is 21.5 Å². The van der Waals surface area contributed by atoms with Gasteiger partial charge in [-0.3, -0.25) is 4.79 Å². The first-order valence-corrected chi connectivity index (χ1v) is 8.69. The Morgan fingerprint density at radius 1 is 1.22 bits per heavy atom. The molecular formula is C16H15N3O2S2. The molecule has 2 aromatic heterocycles. The molecular weight excluding hydrogens is 330 g/mol. The van der Waals surface area contributed by atoms with Crippen LogP contribution >= 0.6 is 23.1 Å². The lowest BCUT2D eigenvalue weighted by Gasteiger charge is -2.14. The number of methoxy groups -OCH3 is 1. The van der Waals surface area contributed by atoms with E-state index in [4.69, 9.17) is 4.74 Å². The molecule has 0 aliphatic rings. The summed E-state index contributed by atoms with van der Waals surface area (Å²) in [6.45, 7) is 0. The van der Waals surface area contributed by atoms with E-state index in [0.717, 1.165) is 16.3 Å². The summed E-state index contributed by atoms with van der Waals surface area (Å²) in [5, 5.41) is 10.7. The Hall–Kier alpha value is -2.12. The lowest BCUT2D eigenvalue weighted by molar-refractivity contribution is -0.140. The van der Waals surface area contributed by atoms with E-state index < -0.39 is 5.25 Å². The molecule has 0 radical (unpaired) electrons. The molecule has 0 N–H and O–H groups in total. The zero-order chi connectivity index (χ0) is 16.2. The number of aromatic nitrogens is 3. The van der Waals surface area contributed by atoms with Crippen LogP contribution in [-0.4, -0.2) is 27.8 Å². The third-order valence-corrected chi connectivity index (χ3v) is 5.45. The SMILES string of the molecule is COC(=O)[C@H](Sc1nnc(-c2cccs2)n1C)c1ccccc1. The second-order valence-electron chi connectivity index (χ2n) is 4.77. The van der Waals surface area contributed by atoms with Gasteiger partial charge >= 0.3 is 5.97 Å². The molecule has 2 heterocycles. The van der Waals surface area contributed by atoms with Gasteiger partial charge in [0.15, 0.2) is 11.0 Å². The Kier molecular flexibility index (Phi) is 4.78. The number of benzene rings is 1. The van der Waals surface area contributed by atoms with Crippen molar-refractivity contribution >= 4 is 29.1 Å². The number of ether oxygens (including phenoxy) is 1. The molecule has 0 spiro atoms. The number of nitrogens with zero attached hydrogens (tertiary/aromatic N) is 3. The van der Waals surface area contributed by atoms with Crippen LogP contribution in [0, 0.1) is 0 Å². The largest absolute Gasteiger partial charge is 0.468 e. The highest BCUT2D eigenvalue weighted by molar-refractivity contribution is 8.00. The Morgan fingerprint density at radius 2 is 2.00 bits per heavy atom. The Balaban J connectivity index is 1.91. The molecule has 7 heteroatoms. The molecule has 1 atom stereocenters. The molecule has 118 valence electrons. The van der Waals surface area contributed by atoms with Gasteiger partial charge in [-0.1, -0.05) is 48.2 Å². The van der Waals surface area contributed by atoms with Crippen LogP contribution in [0.2, 0.25) is 0 Å². The molecule has 0 aliphatic heterocycles. The highest BCUT2D eigenvalue weighted by Gasteiger charge is 2.25. The van der Waals surface area contributed by atoms with E-state index in [2.05, 4.69) is 10.2 Å². The fraction of sp³-hybridized carbons (Fsp3) is 0.188. The maximum Gasteiger partial charge on any atom is 0.323 e. The maximum atomic E-state index is 12.2. The summed E-state index contributed by atoms with van der Waals surface area (Å²) in [6.07, 6.45) is 0. The molecule has 3 aromatic rings. The molecule has 0 saturated carbocycles. The monoisotopic (exact) mass is 345 g/mol. The summed E-state index contributed by atoms with van der Waals surface area (Å²) >= 11 is 2.94. The first-order valence-electron chi connectivity index (χ1n) is 6.93. The van der Waals surface area contributed by atoms with Gasteiger partial charge in [0.2, 0.25) is 0 Å². The predicted molar refractivity (Wildman–Crippen MR) is 91.4 cm³/mol. The molecule has 23 heavy (non-hydrogen) atoms. The van der Waals surface area contributed by atoms with Crippen LogP contribution in [0.15, 0.2) is 53.0 Å². The molecule has 0 amide bonds. The molecule has 1 aromatic carbocycles. The summed E-state index contributed by atoms with van der Waals surface area (Å²) in [6, 6.07) is 13.5. The van der Waals surface area contributed by atoms with Crippen molar-refractivity contribution in [1.82, 2.24) is 14.8 Å². The van der Waals surface area contributed by atoms with Crippen LogP contribution in [0.3, 0.4) is 0 Å². The van der Waals surface area contributed by atoms with Crippen molar-refractivity contribution in [2.75, 3.05) is 7.11 Å². The summed E-state index contributed by atoms with van der Waals surface area (Å²) < 4.78 is 6.84. The molecule has 3 rings (SSSR count). The normalized spacial score (nSPS) is 12.1. The Morgan fingerprint density at radius 3 is 2.65 bits per heavy atom. The quantitative estimate of drug-likeness (QED) is 0.523. The average molecular weight is 345 g/mol. The summed E-state index contributed by atoms with van der Waals surface area (Å²) in [5.74, 6) is 0.487. The first-order chi connectivity index (χ1) is 11.2. The third kappa shape index (κ3) is 3.30. The van der Waals surface area contributed by atoms with Crippen LogP contribution < -0.4 is 0 Å². The zero-order valence-corrected chi connectivity index (χ0v) is 14.3. The van der Waals surface area contributed by atoms with Gasteiger partial charge in [0.1, 0.15) is 5.25 Å². The molecule has 0 unspecified atom stereocenters. The van der Waals surface area contributed by atoms with Crippen molar-refractivity contribution < 1.29 is 9.53 Å². The summed E-state index contributed by atoms with van der Waals surface area (Å²) in [5.41, 5.74) is 0.880. The van der Waals surface area contributed by atoms with Gasteiger partial charge in [0.05, 0.1) is 12.0 Å². The van der Waals surface area contributed by atoms with E-state index in [-0.39, 0.29) is 5.97 Å². The van der Waals surface area contributed by atoms with Crippen molar-refractivity contribution in [2.45, 2.75) is 10.4 Å². The van der Waals surface area contributed by atoms with Crippen LogP contribution in [0.25, 0.3) is 10.7 Å². The molecule has 5 nitrogen and oxygen atoms in total. The van der Waals surface area contributed by atoms with E-state index >= 15 is 0 Å². The second-order valence-corrected chi connectivity index (χ2v) is 6.79. The number of thiophene rings is 1. The van der Waals surface area contributed by atoms with Crippen LogP contribution in [0.5, 0.6) is 0 Å². The minimum atomic E-state index is -0.472. The summed E-state index contributed by atoms with van der Waals surface area (Å²) in [7, 11) is 3.29. The fourth-order valence-electron chi connectivity index (χ4n) is 2.13. The number of thioether (sulfide) groups is 1. The topological polar surface area (TPSA) is 57.0 Å². The van der Waals surface area contributed by atoms with Gasteiger partial charge in [-0.25, -0.2) is 0 Å². The van der Waals surface area contributed by atoms with Gasteiger partial charge in [-0.05, 0) is 17.0 Å². The Bertz CT molecular complexity index is 785. The number of hydrogen-bond acceptors (Lipinski definition) is 6. The van der Waals surface area contributed by atoms with E-state index in [1.54, 1.807) is 11.3 Å². The van der Waals surface area contributed by atoms with Crippen molar-refractivity contribution in [3.63, 3.8) is 0 Å². The third-order valence-electron chi connectivity index (χ3n) is 3.32. The molecule has 0 bridgehead atoms. The van der Waals surface area contributed by atoms with Crippen molar-refractivity contribution in [3.8, 4) is 10.7 Å². The summed E-state index contributed by atoms with van der Waals surface area (Å²) in [4.78, 5) is 13.2. The van der Waals surface area contributed by atoms with Gasteiger partial charge in [0.25, 0.3) is 0 Å². The van der Waals surface area contributed by atoms with Gasteiger partial charge in [-0.2, -0.15) is 0 Å². The minimum absolute atomic E-state index is 0.304. The number of rotatable bonds is 5. The van der Waals surface area contributed by atoms with E-state index in [1.807, 2.05) is 59.5 Å². The Labute approximate surface area is 142 Å². The average Bonchev–Trinajstić information content (AvgIpc) is 3.23. The smallest absolute Gasteiger partial charge is 0.323 e. The van der Waals surface area contributed by atoms with Crippen LogP contribution in [0.1, 0.15) is 10.8 Å². The number of carbonyl (C=O) groups is 1. The number of carbonyl (C=O) groups excluding carboxylic acids is 1. The van der Waals surface area contributed by atoms with E-state index in [9.17, 15) is 4.79 Å². The lowest BCUT2D eigenvalue weighted by atomic mass is 10.1. The lowest BCUT2D eigenvalue weighted by Crippen LogP contribution is -2.12. The van der Waals surface area contributed by atoms with Gasteiger partial charge in [0, 0.05) is 7.05 Å². The second kappa shape index (κ2) is 6.97. The molecule has 0 saturated heterocycles. The van der Waals surface area contributed by atoms with Crippen molar-refractivity contribution in [1.29, 1.82) is 0 Å². The van der Waals surface area contributed by atoms with Crippen molar-refractivity contribution in [2.24, 2.45) is 7.05 Å². The fourth-order valence-corrected chi connectivity index (χ4v) is 3.90. The first kappa shape index (κ1) is 15.8. The molecule has 0 aliphatic carbocycles. The van der Waals surface area contributed by atoms with Crippen molar-refractivity contribution in [3.05, 3.63) is 53.4 Å². The molecule has 0 fully saturated rings. The van der Waals surface area contributed by atoms with E-state index in [0.29, 0.717) is 5.16 Å². The van der Waals surface area contributed by atoms with E-state index in [1.165, 1.54) is 18.9 Å². The van der Waals surface area contributed by atoms with Crippen LogP contribution in [-0.2, 0) is 16.6 Å². The number of hydrogen-bond donors (Lipinski definition) is 0. The van der Waals surface area contributed by atoms with Crippen LogP contribution in [0.4, 0.5) is 0 Å².